The van der Waals surface area contributed by atoms with Crippen LogP contribution in [0.5, 0.6) is 0 Å². The van der Waals surface area contributed by atoms with Crippen molar-refractivity contribution in [1.29, 1.82) is 5.26 Å². The second kappa shape index (κ2) is 6.65. The van der Waals surface area contributed by atoms with Crippen LogP contribution in [0, 0.1) is 11.3 Å². The second-order valence-electron chi connectivity index (χ2n) is 6.45. The summed E-state index contributed by atoms with van der Waals surface area (Å²) in [5, 5.41) is 23.4. The Balaban J connectivity index is 1.94. The van der Waals surface area contributed by atoms with Gasteiger partial charge < -0.3 is 10.4 Å². The van der Waals surface area contributed by atoms with Gasteiger partial charge in [-0.25, -0.2) is 8.42 Å². The fraction of sp³-hybridized carbons (Fsp3) is 0.200. The molecule has 0 aliphatic carbocycles. The molecule has 0 spiro atoms. The molecule has 1 atom stereocenters. The van der Waals surface area contributed by atoms with Crippen molar-refractivity contribution in [2.45, 2.75) is 17.4 Å². The van der Waals surface area contributed by atoms with E-state index >= 15 is 0 Å². The Bertz CT molecular complexity index is 1170. The predicted octanol–water partition coefficient (Wildman–Crippen LogP) is 2.58. The van der Waals surface area contributed by atoms with Crippen molar-refractivity contribution in [3.05, 3.63) is 65.4 Å². The average molecular weight is 379 g/mol. The number of aromatic nitrogens is 1. The van der Waals surface area contributed by atoms with Crippen molar-refractivity contribution in [2.24, 2.45) is 0 Å². The highest BCUT2D eigenvalue weighted by molar-refractivity contribution is 7.91. The minimum Gasteiger partial charge on any atom is -0.394 e. The summed E-state index contributed by atoms with van der Waals surface area (Å²) >= 11 is 0. The molecule has 2 heterocycles. The summed E-state index contributed by atoms with van der Waals surface area (Å²) in [6.45, 7) is -0.175. The van der Waals surface area contributed by atoms with E-state index in [0.717, 1.165) is 5.56 Å². The first-order chi connectivity index (χ1) is 13.0. The third kappa shape index (κ3) is 2.93. The van der Waals surface area contributed by atoms with Crippen LogP contribution >= 0.6 is 0 Å². The topological polar surface area (TPSA) is 103 Å². The van der Waals surface area contributed by atoms with Crippen LogP contribution in [0.15, 0.2) is 53.6 Å². The maximum atomic E-state index is 12.3. The third-order valence-corrected chi connectivity index (χ3v) is 6.67. The van der Waals surface area contributed by atoms with Gasteiger partial charge in [-0.3, -0.25) is 4.98 Å². The number of aliphatic hydroxyl groups is 1. The normalized spacial score (nSPS) is 15.9. The van der Waals surface area contributed by atoms with E-state index in [1.807, 2.05) is 30.3 Å². The number of rotatable bonds is 4. The lowest BCUT2D eigenvalue weighted by molar-refractivity contribution is 0.276. The van der Waals surface area contributed by atoms with Gasteiger partial charge in [-0.05, 0) is 29.7 Å². The smallest absolute Gasteiger partial charge is 0.179 e. The Labute approximate surface area is 157 Å². The Morgan fingerprint density at radius 1 is 1.22 bits per heavy atom. The number of nitrogens with zero attached hydrogens (tertiary/aromatic N) is 2. The van der Waals surface area contributed by atoms with Gasteiger partial charge in [0.15, 0.2) is 9.84 Å². The van der Waals surface area contributed by atoms with Crippen LogP contribution in [0.3, 0.4) is 0 Å². The van der Waals surface area contributed by atoms with Crippen molar-refractivity contribution in [1.82, 2.24) is 4.98 Å². The largest absolute Gasteiger partial charge is 0.394 e. The quantitative estimate of drug-likeness (QED) is 0.722. The zero-order valence-corrected chi connectivity index (χ0v) is 15.2. The first-order valence-electron chi connectivity index (χ1n) is 8.55. The highest BCUT2D eigenvalue weighted by atomic mass is 32.2. The molecule has 2 N–H and O–H groups in total. The summed E-state index contributed by atoms with van der Waals surface area (Å²) in [5.41, 5.74) is 3.00. The van der Waals surface area contributed by atoms with Crippen molar-refractivity contribution in [3.63, 3.8) is 0 Å². The molecule has 7 heteroatoms. The Morgan fingerprint density at radius 3 is 2.70 bits per heavy atom. The Morgan fingerprint density at radius 2 is 2.00 bits per heavy atom. The first-order valence-corrected chi connectivity index (χ1v) is 10.2. The minimum absolute atomic E-state index is 0.0553. The number of aliphatic hydroxyl groups excluding tert-OH is 1. The molecular weight excluding hydrogens is 362 g/mol. The number of nitriles is 1. The standard InChI is InChI=1S/C20H17N3O3S/c21-10-14-11-22-16-6-7-18-15(8-9-27(18,25)26)19(16)20(14)23-17(12-24)13-4-2-1-3-5-13/h1-7,11,17,24H,8-9,12H2,(H,22,23). The maximum Gasteiger partial charge on any atom is 0.179 e. The highest BCUT2D eigenvalue weighted by Gasteiger charge is 2.30. The van der Waals surface area contributed by atoms with Gasteiger partial charge in [-0.1, -0.05) is 30.3 Å². The zero-order valence-electron chi connectivity index (χ0n) is 14.4. The van der Waals surface area contributed by atoms with Gasteiger partial charge in [0, 0.05) is 11.6 Å². The van der Waals surface area contributed by atoms with Crippen LogP contribution in [-0.2, 0) is 16.3 Å². The number of benzene rings is 2. The fourth-order valence-corrected chi connectivity index (χ4v) is 5.10. The molecule has 2 aromatic carbocycles. The summed E-state index contributed by atoms with van der Waals surface area (Å²) < 4.78 is 24.6. The zero-order chi connectivity index (χ0) is 19.0. The van der Waals surface area contributed by atoms with Crippen LogP contribution in [0.2, 0.25) is 0 Å². The molecular formula is C20H17N3O3S. The van der Waals surface area contributed by atoms with Crippen molar-refractivity contribution < 1.29 is 13.5 Å². The minimum atomic E-state index is -3.31. The molecule has 0 amide bonds. The molecule has 136 valence electrons. The summed E-state index contributed by atoms with van der Waals surface area (Å²) in [7, 11) is -3.31. The van der Waals surface area contributed by atoms with Crippen LogP contribution < -0.4 is 5.32 Å². The van der Waals surface area contributed by atoms with Gasteiger partial charge in [-0.15, -0.1) is 0 Å². The van der Waals surface area contributed by atoms with Gasteiger partial charge in [-0.2, -0.15) is 5.26 Å². The molecule has 0 bridgehead atoms. The van der Waals surface area contributed by atoms with E-state index in [9.17, 15) is 18.8 Å². The number of pyridine rings is 1. The summed E-state index contributed by atoms with van der Waals surface area (Å²) in [5.74, 6) is 0.0553. The maximum absolute atomic E-state index is 12.3. The van der Waals surface area contributed by atoms with Crippen molar-refractivity contribution in [3.8, 4) is 6.07 Å². The molecule has 1 aromatic heterocycles. The molecule has 6 nitrogen and oxygen atoms in total. The van der Waals surface area contributed by atoms with Gasteiger partial charge in [0.2, 0.25) is 0 Å². The highest BCUT2D eigenvalue weighted by Crippen LogP contribution is 2.38. The summed E-state index contributed by atoms with van der Waals surface area (Å²) in [6, 6.07) is 14.4. The molecule has 3 aromatic rings. The Kier molecular flexibility index (Phi) is 4.30. The number of nitrogens with one attached hydrogen (secondary N) is 1. The number of anilines is 1. The van der Waals surface area contributed by atoms with Gasteiger partial charge >= 0.3 is 0 Å². The molecule has 1 aliphatic rings. The van der Waals surface area contributed by atoms with Crippen molar-refractivity contribution >= 4 is 26.4 Å². The van der Waals surface area contributed by atoms with E-state index < -0.39 is 15.9 Å². The summed E-state index contributed by atoms with van der Waals surface area (Å²) in [4.78, 5) is 4.63. The summed E-state index contributed by atoms with van der Waals surface area (Å²) in [6.07, 6.45) is 1.86. The lowest BCUT2D eigenvalue weighted by Crippen LogP contribution is -2.16. The van der Waals surface area contributed by atoms with Crippen LogP contribution in [-0.4, -0.2) is 30.9 Å². The van der Waals surface area contributed by atoms with Gasteiger partial charge in [0.1, 0.15) is 6.07 Å². The molecule has 1 aliphatic heterocycles. The number of sulfone groups is 1. The Hall–Kier alpha value is -2.95. The number of hydrogen-bond acceptors (Lipinski definition) is 6. The molecule has 0 fully saturated rings. The first kappa shape index (κ1) is 17.5. The molecule has 0 saturated carbocycles. The molecule has 0 radical (unpaired) electrons. The van der Waals surface area contributed by atoms with E-state index in [2.05, 4.69) is 16.4 Å². The average Bonchev–Trinajstić information content (AvgIpc) is 3.01. The van der Waals surface area contributed by atoms with Crippen LogP contribution in [0.4, 0.5) is 5.69 Å². The van der Waals surface area contributed by atoms with Gasteiger partial charge in [0.05, 0.1) is 40.1 Å². The van der Waals surface area contributed by atoms with E-state index in [0.29, 0.717) is 39.0 Å². The van der Waals surface area contributed by atoms with Crippen LogP contribution in [0.25, 0.3) is 10.9 Å². The monoisotopic (exact) mass is 379 g/mol. The van der Waals surface area contributed by atoms with E-state index in [4.69, 9.17) is 0 Å². The predicted molar refractivity (Wildman–Crippen MR) is 102 cm³/mol. The molecule has 1 unspecified atom stereocenters. The van der Waals surface area contributed by atoms with Crippen LogP contribution in [0.1, 0.15) is 22.7 Å². The molecule has 27 heavy (non-hydrogen) atoms. The van der Waals surface area contributed by atoms with Gasteiger partial charge in [0.25, 0.3) is 0 Å². The number of fused-ring (bicyclic) bond motifs is 3. The fourth-order valence-electron chi connectivity index (χ4n) is 3.55. The lowest BCUT2D eigenvalue weighted by atomic mass is 10.0. The molecule has 4 rings (SSSR count). The number of aryl methyl sites for hydroxylation is 1. The lowest BCUT2D eigenvalue weighted by Gasteiger charge is -2.21. The SMILES string of the molecule is N#Cc1cnc2ccc3c(c2c1NC(CO)c1ccccc1)CCS3(=O)=O. The second-order valence-corrected chi connectivity index (χ2v) is 8.53. The van der Waals surface area contributed by atoms with E-state index in [1.165, 1.54) is 6.20 Å². The van der Waals surface area contributed by atoms with E-state index in [1.54, 1.807) is 12.1 Å². The van der Waals surface area contributed by atoms with Crippen molar-refractivity contribution in [2.75, 3.05) is 17.7 Å². The number of hydrogen-bond donors (Lipinski definition) is 2. The van der Waals surface area contributed by atoms with E-state index in [-0.39, 0.29) is 12.4 Å². The molecule has 0 saturated heterocycles. The third-order valence-electron chi connectivity index (χ3n) is 4.88.